The van der Waals surface area contributed by atoms with Crippen molar-refractivity contribution < 1.29 is 5.11 Å². The standard InChI is InChI=1S/C20H26O/c1-15(2)18-9-7-17(8-10-18)13-20(4,14-21)19-11-5-16(3)6-12-19/h5-12,15,21H,13-14H2,1-4H3. The third-order valence-electron chi connectivity index (χ3n) is 4.34. The van der Waals surface area contributed by atoms with Crippen LogP contribution in [0.5, 0.6) is 0 Å². The highest BCUT2D eigenvalue weighted by atomic mass is 16.3. The minimum atomic E-state index is -0.229. The van der Waals surface area contributed by atoms with Crippen LogP contribution in [-0.4, -0.2) is 11.7 Å². The van der Waals surface area contributed by atoms with Crippen molar-refractivity contribution in [3.05, 3.63) is 70.8 Å². The molecule has 2 aromatic carbocycles. The smallest absolute Gasteiger partial charge is 0.0528 e. The summed E-state index contributed by atoms with van der Waals surface area (Å²) >= 11 is 0. The molecule has 112 valence electrons. The monoisotopic (exact) mass is 282 g/mol. The lowest BCUT2D eigenvalue weighted by molar-refractivity contribution is 0.204. The summed E-state index contributed by atoms with van der Waals surface area (Å²) in [6.07, 6.45) is 0.852. The summed E-state index contributed by atoms with van der Waals surface area (Å²) in [6, 6.07) is 17.3. The van der Waals surface area contributed by atoms with E-state index >= 15 is 0 Å². The molecule has 0 fully saturated rings. The van der Waals surface area contributed by atoms with Crippen molar-refractivity contribution >= 4 is 0 Å². The predicted molar refractivity (Wildman–Crippen MR) is 89.9 cm³/mol. The molecule has 0 saturated carbocycles. The highest BCUT2D eigenvalue weighted by Crippen LogP contribution is 2.28. The fourth-order valence-corrected chi connectivity index (χ4v) is 2.68. The van der Waals surface area contributed by atoms with Crippen molar-refractivity contribution in [2.75, 3.05) is 6.61 Å². The summed E-state index contributed by atoms with van der Waals surface area (Å²) < 4.78 is 0. The maximum Gasteiger partial charge on any atom is 0.0528 e. The highest BCUT2D eigenvalue weighted by molar-refractivity contribution is 5.32. The molecule has 0 radical (unpaired) electrons. The van der Waals surface area contributed by atoms with Crippen LogP contribution in [-0.2, 0) is 11.8 Å². The predicted octanol–water partition coefficient (Wildman–Crippen LogP) is 4.61. The van der Waals surface area contributed by atoms with Gasteiger partial charge in [-0.15, -0.1) is 0 Å². The van der Waals surface area contributed by atoms with E-state index in [-0.39, 0.29) is 12.0 Å². The van der Waals surface area contributed by atoms with Gasteiger partial charge in [0.15, 0.2) is 0 Å². The van der Waals surface area contributed by atoms with Crippen LogP contribution in [0.25, 0.3) is 0 Å². The first kappa shape index (κ1) is 15.8. The topological polar surface area (TPSA) is 20.2 Å². The van der Waals surface area contributed by atoms with Gasteiger partial charge in [-0.05, 0) is 36.0 Å². The first-order chi connectivity index (χ1) is 9.94. The number of aryl methyl sites for hydroxylation is 1. The maximum absolute atomic E-state index is 9.91. The number of hydrogen-bond acceptors (Lipinski definition) is 1. The summed E-state index contributed by atoms with van der Waals surface area (Å²) in [5.74, 6) is 0.556. The van der Waals surface area contributed by atoms with Crippen LogP contribution in [0.1, 0.15) is 48.9 Å². The van der Waals surface area contributed by atoms with E-state index in [0.29, 0.717) is 5.92 Å². The van der Waals surface area contributed by atoms with Gasteiger partial charge in [0.25, 0.3) is 0 Å². The van der Waals surface area contributed by atoms with Gasteiger partial charge in [-0.25, -0.2) is 0 Å². The number of aliphatic hydroxyl groups excluding tert-OH is 1. The third kappa shape index (κ3) is 3.74. The van der Waals surface area contributed by atoms with Crippen molar-refractivity contribution in [1.29, 1.82) is 0 Å². The minimum Gasteiger partial charge on any atom is -0.395 e. The first-order valence-corrected chi connectivity index (χ1v) is 7.71. The summed E-state index contributed by atoms with van der Waals surface area (Å²) in [5, 5.41) is 9.91. The van der Waals surface area contributed by atoms with E-state index in [0.717, 1.165) is 6.42 Å². The van der Waals surface area contributed by atoms with E-state index in [1.807, 2.05) is 0 Å². The first-order valence-electron chi connectivity index (χ1n) is 7.71. The Morgan fingerprint density at radius 1 is 0.952 bits per heavy atom. The molecular weight excluding hydrogens is 256 g/mol. The van der Waals surface area contributed by atoms with Gasteiger partial charge in [-0.3, -0.25) is 0 Å². The normalized spacial score (nSPS) is 14.2. The zero-order valence-electron chi connectivity index (χ0n) is 13.6. The molecule has 0 spiro atoms. The Kier molecular flexibility index (Phi) is 4.84. The number of benzene rings is 2. The molecule has 0 amide bonds. The lowest BCUT2D eigenvalue weighted by Crippen LogP contribution is -2.29. The average molecular weight is 282 g/mol. The Hall–Kier alpha value is -1.60. The molecule has 0 aliphatic rings. The second-order valence-electron chi connectivity index (χ2n) is 6.66. The fourth-order valence-electron chi connectivity index (χ4n) is 2.68. The zero-order chi connectivity index (χ0) is 15.5. The molecule has 2 rings (SSSR count). The van der Waals surface area contributed by atoms with Crippen LogP contribution in [0, 0.1) is 6.92 Å². The SMILES string of the molecule is Cc1ccc(C(C)(CO)Cc2ccc(C(C)C)cc2)cc1. The molecule has 0 bridgehead atoms. The van der Waals surface area contributed by atoms with E-state index in [2.05, 4.69) is 76.2 Å². The van der Waals surface area contributed by atoms with Gasteiger partial charge >= 0.3 is 0 Å². The van der Waals surface area contributed by atoms with E-state index in [4.69, 9.17) is 0 Å². The van der Waals surface area contributed by atoms with E-state index in [1.165, 1.54) is 22.3 Å². The highest BCUT2D eigenvalue weighted by Gasteiger charge is 2.26. The molecule has 0 saturated heterocycles. The van der Waals surface area contributed by atoms with E-state index < -0.39 is 0 Å². The number of hydrogen-bond donors (Lipinski definition) is 1. The van der Waals surface area contributed by atoms with Crippen LogP contribution < -0.4 is 0 Å². The lowest BCUT2D eigenvalue weighted by atomic mass is 9.77. The molecule has 0 aliphatic heterocycles. The summed E-state index contributed by atoms with van der Waals surface area (Å²) in [4.78, 5) is 0. The van der Waals surface area contributed by atoms with Gasteiger partial charge in [0.2, 0.25) is 0 Å². The average Bonchev–Trinajstić information content (AvgIpc) is 2.48. The van der Waals surface area contributed by atoms with Crippen molar-refractivity contribution in [2.24, 2.45) is 0 Å². The van der Waals surface area contributed by atoms with Gasteiger partial charge in [0, 0.05) is 5.41 Å². The Balaban J connectivity index is 2.23. The van der Waals surface area contributed by atoms with Gasteiger partial charge in [-0.1, -0.05) is 74.9 Å². The molecule has 0 heterocycles. The van der Waals surface area contributed by atoms with E-state index in [1.54, 1.807) is 0 Å². The second-order valence-corrected chi connectivity index (χ2v) is 6.66. The number of aliphatic hydroxyl groups is 1. The van der Waals surface area contributed by atoms with Gasteiger partial charge in [-0.2, -0.15) is 0 Å². The summed E-state index contributed by atoms with van der Waals surface area (Å²) in [7, 11) is 0. The fraction of sp³-hybridized carbons (Fsp3) is 0.400. The summed E-state index contributed by atoms with van der Waals surface area (Å²) in [5.41, 5.74) is 4.85. The molecule has 1 nitrogen and oxygen atoms in total. The Morgan fingerprint density at radius 3 is 2.00 bits per heavy atom. The molecule has 0 aliphatic carbocycles. The Morgan fingerprint density at radius 2 is 1.52 bits per heavy atom. The van der Waals surface area contributed by atoms with Gasteiger partial charge in [0.1, 0.15) is 0 Å². The van der Waals surface area contributed by atoms with Crippen molar-refractivity contribution in [1.82, 2.24) is 0 Å². The molecule has 0 aromatic heterocycles. The Bertz CT molecular complexity index is 566. The third-order valence-corrected chi connectivity index (χ3v) is 4.34. The van der Waals surface area contributed by atoms with Crippen LogP contribution in [0.4, 0.5) is 0 Å². The van der Waals surface area contributed by atoms with Crippen molar-refractivity contribution in [3.8, 4) is 0 Å². The van der Waals surface area contributed by atoms with Gasteiger partial charge < -0.3 is 5.11 Å². The molecule has 2 aromatic rings. The molecular formula is C20H26O. The number of rotatable bonds is 5. The summed E-state index contributed by atoms with van der Waals surface area (Å²) in [6.45, 7) is 8.79. The quantitative estimate of drug-likeness (QED) is 0.849. The Labute approximate surface area is 128 Å². The molecule has 1 N–H and O–H groups in total. The maximum atomic E-state index is 9.91. The lowest BCUT2D eigenvalue weighted by Gasteiger charge is -2.28. The van der Waals surface area contributed by atoms with Crippen LogP contribution >= 0.6 is 0 Å². The molecule has 1 atom stereocenters. The van der Waals surface area contributed by atoms with E-state index in [9.17, 15) is 5.11 Å². The van der Waals surface area contributed by atoms with Crippen molar-refractivity contribution in [2.45, 2.75) is 45.4 Å². The molecule has 21 heavy (non-hydrogen) atoms. The second kappa shape index (κ2) is 6.44. The molecule has 1 unspecified atom stereocenters. The zero-order valence-corrected chi connectivity index (χ0v) is 13.6. The minimum absolute atomic E-state index is 0.155. The van der Waals surface area contributed by atoms with Crippen LogP contribution in [0.2, 0.25) is 0 Å². The van der Waals surface area contributed by atoms with Crippen LogP contribution in [0.15, 0.2) is 48.5 Å². The largest absolute Gasteiger partial charge is 0.395 e. The van der Waals surface area contributed by atoms with Gasteiger partial charge in [0.05, 0.1) is 6.61 Å². The van der Waals surface area contributed by atoms with Crippen molar-refractivity contribution in [3.63, 3.8) is 0 Å². The van der Waals surface area contributed by atoms with Crippen LogP contribution in [0.3, 0.4) is 0 Å². The molecule has 1 heteroatoms.